The molecule has 0 spiro atoms. The third-order valence-electron chi connectivity index (χ3n) is 4.55. The molecule has 2 heteroatoms. The van der Waals surface area contributed by atoms with Crippen molar-refractivity contribution in [1.82, 2.24) is 0 Å². The van der Waals surface area contributed by atoms with Gasteiger partial charge in [0.2, 0.25) is 0 Å². The van der Waals surface area contributed by atoms with Crippen molar-refractivity contribution in [3.8, 4) is 0 Å². The lowest BCUT2D eigenvalue weighted by Gasteiger charge is -2.29. The molecule has 0 amide bonds. The van der Waals surface area contributed by atoms with Crippen LogP contribution < -0.4 is 0 Å². The van der Waals surface area contributed by atoms with Crippen LogP contribution in [0.15, 0.2) is 24.5 Å². The van der Waals surface area contributed by atoms with Gasteiger partial charge in [-0.15, -0.1) is 0 Å². The van der Waals surface area contributed by atoms with Crippen molar-refractivity contribution in [2.75, 3.05) is 0 Å². The zero-order valence-electron chi connectivity index (χ0n) is 12.2. The molecular formula is C18H24F2. The molecule has 0 saturated heterocycles. The summed E-state index contributed by atoms with van der Waals surface area (Å²) in [5, 5.41) is 0. The Morgan fingerprint density at radius 1 is 1.20 bits per heavy atom. The van der Waals surface area contributed by atoms with Crippen LogP contribution >= 0.6 is 0 Å². The second-order valence-corrected chi connectivity index (χ2v) is 5.93. The predicted octanol–water partition coefficient (Wildman–Crippen LogP) is 6.23. The zero-order valence-corrected chi connectivity index (χ0v) is 12.2. The molecule has 0 aliphatic heterocycles. The fourth-order valence-corrected chi connectivity index (χ4v) is 3.28. The summed E-state index contributed by atoms with van der Waals surface area (Å²) in [6, 6.07) is 5.23. The summed E-state index contributed by atoms with van der Waals surface area (Å²) in [5.74, 6) is 1.03. The molecule has 1 aliphatic rings. The molecule has 2 rings (SSSR count). The van der Waals surface area contributed by atoms with Gasteiger partial charge in [-0.3, -0.25) is 0 Å². The van der Waals surface area contributed by atoms with Gasteiger partial charge in [0.05, 0.1) is 6.33 Å². The molecular weight excluding hydrogens is 254 g/mol. The van der Waals surface area contributed by atoms with Crippen molar-refractivity contribution in [1.29, 1.82) is 0 Å². The van der Waals surface area contributed by atoms with E-state index in [-0.39, 0.29) is 5.82 Å². The van der Waals surface area contributed by atoms with Crippen LogP contribution in [0.2, 0.25) is 0 Å². The Balaban J connectivity index is 1.95. The lowest BCUT2D eigenvalue weighted by molar-refractivity contribution is 0.304. The molecule has 0 bridgehead atoms. The lowest BCUT2D eigenvalue weighted by Crippen LogP contribution is -2.13. The van der Waals surface area contributed by atoms with Crippen LogP contribution in [0.5, 0.6) is 0 Å². The van der Waals surface area contributed by atoms with Crippen LogP contribution in [0.1, 0.15) is 68.9 Å². The SMILES string of the molecule is CCCCC1CCC(c2ccc(C=CF)c(F)c2)CC1. The highest BCUT2D eigenvalue weighted by Gasteiger charge is 2.22. The van der Waals surface area contributed by atoms with Crippen molar-refractivity contribution in [2.45, 2.75) is 57.8 Å². The number of hydrogen-bond acceptors (Lipinski definition) is 0. The smallest absolute Gasteiger partial charge is 0.130 e. The second-order valence-electron chi connectivity index (χ2n) is 5.93. The molecule has 0 atom stereocenters. The maximum atomic E-state index is 13.8. The Morgan fingerprint density at radius 2 is 1.95 bits per heavy atom. The van der Waals surface area contributed by atoms with Crippen molar-refractivity contribution in [3.05, 3.63) is 41.5 Å². The molecule has 1 aromatic rings. The summed E-state index contributed by atoms with van der Waals surface area (Å²) >= 11 is 0. The van der Waals surface area contributed by atoms with Crippen LogP contribution in [0, 0.1) is 11.7 Å². The van der Waals surface area contributed by atoms with Gasteiger partial charge in [0.25, 0.3) is 0 Å². The number of hydrogen-bond donors (Lipinski definition) is 0. The molecule has 0 radical (unpaired) electrons. The van der Waals surface area contributed by atoms with Gasteiger partial charge in [0.1, 0.15) is 5.82 Å². The van der Waals surface area contributed by atoms with E-state index in [0.717, 1.165) is 24.3 Å². The summed E-state index contributed by atoms with van der Waals surface area (Å²) in [4.78, 5) is 0. The first-order chi connectivity index (χ1) is 9.74. The molecule has 1 aromatic carbocycles. The molecule has 1 saturated carbocycles. The molecule has 1 fully saturated rings. The van der Waals surface area contributed by atoms with Gasteiger partial charge < -0.3 is 0 Å². The van der Waals surface area contributed by atoms with Gasteiger partial charge in [-0.25, -0.2) is 8.78 Å². The fourth-order valence-electron chi connectivity index (χ4n) is 3.28. The first kappa shape index (κ1) is 15.2. The largest absolute Gasteiger partial charge is 0.216 e. The maximum Gasteiger partial charge on any atom is 0.130 e. The minimum atomic E-state index is -0.315. The normalized spacial score (nSPS) is 23.4. The van der Waals surface area contributed by atoms with Gasteiger partial charge in [0.15, 0.2) is 0 Å². The molecule has 0 heterocycles. The van der Waals surface area contributed by atoms with E-state index in [4.69, 9.17) is 0 Å². The van der Waals surface area contributed by atoms with E-state index in [1.54, 1.807) is 12.1 Å². The second kappa shape index (κ2) is 7.56. The first-order valence-electron chi connectivity index (χ1n) is 7.80. The highest BCUT2D eigenvalue weighted by atomic mass is 19.1. The molecule has 20 heavy (non-hydrogen) atoms. The quantitative estimate of drug-likeness (QED) is 0.599. The number of benzene rings is 1. The van der Waals surface area contributed by atoms with E-state index < -0.39 is 0 Å². The Labute approximate surface area is 120 Å². The highest BCUT2D eigenvalue weighted by Crippen LogP contribution is 2.38. The topological polar surface area (TPSA) is 0 Å². The van der Waals surface area contributed by atoms with Crippen LogP contribution in [0.4, 0.5) is 8.78 Å². The van der Waals surface area contributed by atoms with Gasteiger partial charge >= 0.3 is 0 Å². The summed E-state index contributed by atoms with van der Waals surface area (Å²) in [6.07, 6.45) is 10.3. The van der Waals surface area contributed by atoms with E-state index >= 15 is 0 Å². The van der Waals surface area contributed by atoms with E-state index in [1.807, 2.05) is 6.07 Å². The van der Waals surface area contributed by atoms with Crippen LogP contribution in [0.3, 0.4) is 0 Å². The van der Waals surface area contributed by atoms with Crippen LogP contribution in [-0.2, 0) is 0 Å². The lowest BCUT2D eigenvalue weighted by atomic mass is 9.77. The number of halogens is 2. The van der Waals surface area contributed by atoms with E-state index in [9.17, 15) is 8.78 Å². The van der Waals surface area contributed by atoms with E-state index in [1.165, 1.54) is 38.2 Å². The molecule has 0 unspecified atom stereocenters. The van der Waals surface area contributed by atoms with E-state index in [2.05, 4.69) is 6.92 Å². The highest BCUT2D eigenvalue weighted by molar-refractivity contribution is 5.49. The van der Waals surface area contributed by atoms with Crippen molar-refractivity contribution in [2.24, 2.45) is 5.92 Å². The van der Waals surface area contributed by atoms with Gasteiger partial charge in [0, 0.05) is 5.56 Å². The molecule has 110 valence electrons. The zero-order chi connectivity index (χ0) is 14.4. The van der Waals surface area contributed by atoms with E-state index in [0.29, 0.717) is 17.8 Å². The Kier molecular flexibility index (Phi) is 5.75. The van der Waals surface area contributed by atoms with Crippen LogP contribution in [-0.4, -0.2) is 0 Å². The third-order valence-corrected chi connectivity index (χ3v) is 4.55. The molecule has 0 N–H and O–H groups in total. The Hall–Kier alpha value is -1.18. The Morgan fingerprint density at radius 3 is 2.55 bits per heavy atom. The van der Waals surface area contributed by atoms with Gasteiger partial charge in [-0.2, -0.15) is 0 Å². The van der Waals surface area contributed by atoms with Crippen molar-refractivity contribution < 1.29 is 8.78 Å². The average molecular weight is 278 g/mol. The van der Waals surface area contributed by atoms with Crippen LogP contribution in [0.25, 0.3) is 6.08 Å². The number of unbranched alkanes of at least 4 members (excludes halogenated alkanes) is 1. The standard InChI is InChI=1S/C18H24F2/c1-2-3-4-14-5-7-15(8-6-14)17-10-9-16(11-12-19)18(20)13-17/h9-15H,2-8H2,1H3. The fraction of sp³-hybridized carbons (Fsp3) is 0.556. The molecule has 1 aliphatic carbocycles. The minimum Gasteiger partial charge on any atom is -0.216 e. The monoisotopic (exact) mass is 278 g/mol. The predicted molar refractivity (Wildman–Crippen MR) is 80.8 cm³/mol. The van der Waals surface area contributed by atoms with Crippen molar-refractivity contribution in [3.63, 3.8) is 0 Å². The Bertz CT molecular complexity index is 443. The minimum absolute atomic E-state index is 0.315. The third kappa shape index (κ3) is 3.91. The first-order valence-corrected chi connectivity index (χ1v) is 7.80. The molecule has 0 nitrogen and oxygen atoms in total. The summed E-state index contributed by atoms with van der Waals surface area (Å²) in [6.45, 7) is 2.24. The average Bonchev–Trinajstić information content (AvgIpc) is 2.48. The van der Waals surface area contributed by atoms with Gasteiger partial charge in [-0.05, 0) is 55.2 Å². The summed E-state index contributed by atoms with van der Waals surface area (Å²) in [7, 11) is 0. The summed E-state index contributed by atoms with van der Waals surface area (Å²) in [5.41, 5.74) is 1.40. The summed E-state index contributed by atoms with van der Waals surface area (Å²) < 4.78 is 25.9. The maximum absolute atomic E-state index is 13.8. The molecule has 0 aromatic heterocycles. The number of rotatable bonds is 5. The van der Waals surface area contributed by atoms with Gasteiger partial charge in [-0.1, -0.05) is 38.3 Å². The van der Waals surface area contributed by atoms with Crippen molar-refractivity contribution >= 4 is 6.08 Å².